The maximum absolute atomic E-state index is 13.4. The maximum atomic E-state index is 13.4. The van der Waals surface area contributed by atoms with Crippen LogP contribution in [-0.4, -0.2) is 190 Å². The molecule has 85 heavy (non-hydrogen) atoms. The minimum Gasteiger partial charge on any atom is -0.411 e. The van der Waals surface area contributed by atoms with E-state index in [-0.39, 0.29) is 169 Å². The highest BCUT2D eigenvalue weighted by Gasteiger charge is 2.27. The van der Waals surface area contributed by atoms with Crippen molar-refractivity contribution in [3.8, 4) is 0 Å². The number of rotatable bonds is 53. The number of Topliss-reactive ketones (excluding diaryl/α,β-unsaturated/α-hetero) is 1. The van der Waals surface area contributed by atoms with Crippen molar-refractivity contribution in [1.29, 1.82) is 0 Å². The number of oxime groups is 2. The Bertz CT molecular complexity index is 1960. The van der Waals surface area contributed by atoms with Crippen LogP contribution in [0.2, 0.25) is 0 Å². The molecule has 0 radical (unpaired) electrons. The van der Waals surface area contributed by atoms with Gasteiger partial charge >= 0.3 is 0 Å². The molecule has 0 aliphatic heterocycles. The third-order valence-electron chi connectivity index (χ3n) is 13.9. The molecule has 8 amide bonds. The zero-order chi connectivity index (χ0) is 64.5. The summed E-state index contributed by atoms with van der Waals surface area (Å²) in [4.78, 5) is 111. The number of hydrogen-bond donors (Lipinski definition) is 12. The molecule has 0 heterocycles. The monoisotopic (exact) mass is 1210 g/mol. The molecule has 14 N–H and O–H groups in total. The number of primary amides is 2. The van der Waals surface area contributed by atoms with Crippen LogP contribution in [0.1, 0.15) is 178 Å². The maximum Gasteiger partial charge on any atom is 0.246 e. The minimum absolute atomic E-state index is 0.00120. The lowest BCUT2D eigenvalue weighted by molar-refractivity contribution is -0.128. The standard InChI is InChI=1S/C56H104N12O15.C2H6/c1-40(53(57)76)18-10-9-11-21-46(69)45(66-50(73)25-17-24-49(72)65-44(36-63-55(5,6)42(3)67-78)37-64-56(7,8)43(4)68-79)20-13-15-26-59-47(70)22-16-23-48(71)61-28-30-80-32-35-83-39-52(75)62-29-31-81-33-34-82-38-51(74)60-27-14-12-19-41(2)54(58)77;1-2/h40-41,44-45,63-64,78-79H,9-39H2,1-8H3,(H2,57,76)(H2,58,77)(H,59,70)(H,60,74)(H,61,71)(H,62,75)(H,65,72)(H,66,73);1-2H3/b67-42+,68-43+;/t40-,41-,45-;/m0./s1. The molecular formula is C58H110N12O15. The molecule has 0 unspecified atom stereocenters. The molecule has 0 aliphatic rings. The van der Waals surface area contributed by atoms with Crippen LogP contribution in [0.5, 0.6) is 0 Å². The van der Waals surface area contributed by atoms with E-state index in [1.165, 1.54) is 0 Å². The molecule has 0 saturated carbocycles. The van der Waals surface area contributed by atoms with Crippen LogP contribution >= 0.6 is 0 Å². The summed E-state index contributed by atoms with van der Waals surface area (Å²) >= 11 is 0. The average molecular weight is 1220 g/mol. The number of nitrogens with one attached hydrogen (secondary N) is 8. The van der Waals surface area contributed by atoms with E-state index in [9.17, 15) is 53.6 Å². The van der Waals surface area contributed by atoms with Crippen molar-refractivity contribution in [3.63, 3.8) is 0 Å². The molecule has 0 spiro atoms. The van der Waals surface area contributed by atoms with Crippen molar-refractivity contribution in [2.24, 2.45) is 33.6 Å². The van der Waals surface area contributed by atoms with Gasteiger partial charge in [0.15, 0.2) is 5.78 Å². The summed E-state index contributed by atoms with van der Waals surface area (Å²) in [7, 11) is 0. The molecule has 3 atom stereocenters. The molecule has 0 fully saturated rings. The van der Waals surface area contributed by atoms with Gasteiger partial charge in [0.2, 0.25) is 47.3 Å². The van der Waals surface area contributed by atoms with Crippen LogP contribution in [0.25, 0.3) is 0 Å². The average Bonchev–Trinajstić information content (AvgIpc) is 3.63. The van der Waals surface area contributed by atoms with Crippen molar-refractivity contribution in [2.45, 2.75) is 202 Å². The first kappa shape index (κ1) is 81.2. The molecule has 0 bridgehead atoms. The second-order valence-corrected chi connectivity index (χ2v) is 21.9. The van der Waals surface area contributed by atoms with Gasteiger partial charge in [0, 0.05) is 83.2 Å². The highest BCUT2D eigenvalue weighted by Crippen LogP contribution is 2.14. The Balaban J connectivity index is 0. The van der Waals surface area contributed by atoms with E-state index in [2.05, 4.69) is 52.8 Å². The number of unbranched alkanes of at least 4 members (excludes halogenated alkanes) is 4. The molecule has 0 aromatic carbocycles. The number of carbonyl (C=O) groups is 9. The van der Waals surface area contributed by atoms with Crippen LogP contribution in [0.15, 0.2) is 10.3 Å². The number of nitrogens with zero attached hydrogens (tertiary/aromatic N) is 2. The van der Waals surface area contributed by atoms with E-state index in [1.54, 1.807) is 27.7 Å². The van der Waals surface area contributed by atoms with E-state index < -0.39 is 23.2 Å². The summed E-state index contributed by atoms with van der Waals surface area (Å²) in [5, 5.41) is 48.7. The third kappa shape index (κ3) is 45.2. The van der Waals surface area contributed by atoms with Crippen molar-refractivity contribution < 1.29 is 72.5 Å². The number of nitrogens with two attached hydrogens (primary N) is 2. The Kier molecular flexibility index (Phi) is 48.0. The number of hydrogen-bond acceptors (Lipinski definition) is 19. The Morgan fingerprint density at radius 2 is 0.824 bits per heavy atom. The first-order valence-corrected chi connectivity index (χ1v) is 30.3. The molecule has 0 aliphatic carbocycles. The Morgan fingerprint density at radius 1 is 0.447 bits per heavy atom. The predicted molar refractivity (Wildman–Crippen MR) is 325 cm³/mol. The van der Waals surface area contributed by atoms with Gasteiger partial charge in [0.25, 0.3) is 0 Å². The van der Waals surface area contributed by atoms with Crippen LogP contribution in [0, 0.1) is 11.8 Å². The van der Waals surface area contributed by atoms with E-state index in [0.29, 0.717) is 89.0 Å². The summed E-state index contributed by atoms with van der Waals surface area (Å²) in [6, 6.07) is -1.21. The molecule has 0 saturated heterocycles. The van der Waals surface area contributed by atoms with Crippen LogP contribution in [-0.2, 0) is 62.1 Å². The van der Waals surface area contributed by atoms with Gasteiger partial charge in [0.1, 0.15) is 13.2 Å². The lowest BCUT2D eigenvalue weighted by Gasteiger charge is -2.32. The summed E-state index contributed by atoms with van der Waals surface area (Å²) in [6.07, 6.45) is 7.33. The SMILES string of the molecule is C/C(=N\O)C(C)(C)NCC(CNC(C)(C)/C(C)=N/O)NC(=O)CCCC(=O)N[C@@H](CCCCNC(=O)CCCC(=O)NCCOCCOCC(=O)NCCOCCOCC(=O)NCCCC[C@H](C)C(N)=O)C(=O)CCCCC[C@H](C)C(N)=O.CC. The van der Waals surface area contributed by atoms with Crippen LogP contribution in [0.3, 0.4) is 0 Å². The smallest absolute Gasteiger partial charge is 0.246 e. The van der Waals surface area contributed by atoms with Crippen molar-refractivity contribution in [1.82, 2.24) is 42.5 Å². The highest BCUT2D eigenvalue weighted by molar-refractivity contribution is 5.91. The highest BCUT2D eigenvalue weighted by atomic mass is 16.5. The fourth-order valence-electron chi connectivity index (χ4n) is 7.60. The summed E-state index contributed by atoms with van der Waals surface area (Å²) in [5.41, 5.74) is 10.1. The lowest BCUT2D eigenvalue weighted by Crippen LogP contribution is -2.57. The van der Waals surface area contributed by atoms with E-state index in [0.717, 1.165) is 19.3 Å². The van der Waals surface area contributed by atoms with Gasteiger partial charge in [-0.25, -0.2) is 0 Å². The van der Waals surface area contributed by atoms with Gasteiger partial charge in [-0.1, -0.05) is 57.3 Å². The lowest BCUT2D eigenvalue weighted by atomic mass is 9.98. The van der Waals surface area contributed by atoms with Gasteiger partial charge in [-0.15, -0.1) is 0 Å². The molecule has 0 aromatic heterocycles. The number of amides is 8. The zero-order valence-electron chi connectivity index (χ0n) is 53.0. The van der Waals surface area contributed by atoms with Crippen LogP contribution in [0.4, 0.5) is 0 Å². The van der Waals surface area contributed by atoms with Gasteiger partial charge in [-0.05, 0) is 99.3 Å². The molecule has 27 nitrogen and oxygen atoms in total. The fraction of sp³-hybridized carbons (Fsp3) is 0.810. The minimum atomic E-state index is -0.765. The second-order valence-electron chi connectivity index (χ2n) is 21.9. The van der Waals surface area contributed by atoms with Gasteiger partial charge < -0.3 is 83.4 Å². The summed E-state index contributed by atoms with van der Waals surface area (Å²) in [6.45, 7) is 21.2. The van der Waals surface area contributed by atoms with Crippen LogP contribution < -0.4 is 54.0 Å². The fourth-order valence-corrected chi connectivity index (χ4v) is 7.60. The number of ketones is 1. The van der Waals surface area contributed by atoms with Gasteiger partial charge in [-0.3, -0.25) is 43.2 Å². The Hall–Kier alpha value is -5.87. The zero-order valence-corrected chi connectivity index (χ0v) is 53.0. The van der Waals surface area contributed by atoms with E-state index >= 15 is 0 Å². The Morgan fingerprint density at radius 3 is 1.27 bits per heavy atom. The van der Waals surface area contributed by atoms with Crippen molar-refractivity contribution >= 4 is 64.5 Å². The largest absolute Gasteiger partial charge is 0.411 e. The van der Waals surface area contributed by atoms with Crippen molar-refractivity contribution in [3.05, 3.63) is 0 Å². The topological polar surface area (TPSA) is 404 Å². The molecule has 0 aromatic rings. The number of ether oxygens (including phenoxy) is 4. The van der Waals surface area contributed by atoms with E-state index in [4.69, 9.17) is 30.4 Å². The Labute approximate surface area is 505 Å². The quantitative estimate of drug-likeness (QED) is 0.0180. The normalized spacial score (nSPS) is 13.2. The first-order valence-electron chi connectivity index (χ1n) is 30.3. The molecule has 0 rings (SSSR count). The molecular weight excluding hydrogens is 1100 g/mol. The van der Waals surface area contributed by atoms with Gasteiger partial charge in [-0.2, -0.15) is 0 Å². The second kappa shape index (κ2) is 50.3. The molecule has 492 valence electrons. The van der Waals surface area contributed by atoms with Crippen molar-refractivity contribution in [2.75, 3.05) is 92.1 Å². The summed E-state index contributed by atoms with van der Waals surface area (Å²) in [5.74, 6) is -2.96. The summed E-state index contributed by atoms with van der Waals surface area (Å²) < 4.78 is 21.4. The predicted octanol–water partition coefficient (Wildman–Crippen LogP) is 2.39. The van der Waals surface area contributed by atoms with E-state index in [1.807, 2.05) is 41.5 Å². The third-order valence-corrected chi connectivity index (χ3v) is 13.9. The first-order chi connectivity index (χ1) is 40.3. The number of carbonyl (C=O) groups excluding carboxylic acids is 9. The van der Waals surface area contributed by atoms with Gasteiger partial charge in [0.05, 0.1) is 74.2 Å². The molecule has 27 heteroatoms.